The van der Waals surface area contributed by atoms with Crippen LogP contribution in [0, 0.1) is 0 Å². The van der Waals surface area contributed by atoms with Gasteiger partial charge in [-0.2, -0.15) is 5.10 Å². The molecule has 0 radical (unpaired) electrons. The molecule has 1 saturated carbocycles. The monoisotopic (exact) mass is 426 g/mol. The van der Waals surface area contributed by atoms with Gasteiger partial charge in [-0.1, -0.05) is 32.1 Å². The fourth-order valence-electron chi connectivity index (χ4n) is 4.69. The van der Waals surface area contributed by atoms with Crippen LogP contribution in [-0.2, 0) is 17.9 Å². The number of nitrogens with zero attached hydrogens (tertiary/aromatic N) is 3. The highest BCUT2D eigenvalue weighted by molar-refractivity contribution is 5.78. The van der Waals surface area contributed by atoms with Crippen molar-refractivity contribution in [1.82, 2.24) is 20.0 Å². The standard InChI is InChI=1S/C24H34N4O3/c1-27(19-8-6-4-3-5-7-9-19)13-12-25-23(29)16-28-24-18(15-26-28)17-31-22-11-10-20(30-2)14-21(22)24/h10-11,14-15,19H,3-9,12-13,16-17H2,1-2H3,(H,25,29). The average Bonchev–Trinajstić information content (AvgIpc) is 3.16. The zero-order chi connectivity index (χ0) is 21.6. The van der Waals surface area contributed by atoms with Crippen molar-refractivity contribution in [3.63, 3.8) is 0 Å². The van der Waals surface area contributed by atoms with Crippen molar-refractivity contribution in [1.29, 1.82) is 0 Å². The molecule has 1 fully saturated rings. The zero-order valence-corrected chi connectivity index (χ0v) is 18.7. The molecule has 0 saturated heterocycles. The number of rotatable bonds is 7. The predicted molar refractivity (Wildman–Crippen MR) is 120 cm³/mol. The smallest absolute Gasteiger partial charge is 0.241 e. The van der Waals surface area contributed by atoms with Crippen LogP contribution >= 0.6 is 0 Å². The molecule has 0 spiro atoms. The largest absolute Gasteiger partial charge is 0.497 e. The summed E-state index contributed by atoms with van der Waals surface area (Å²) in [7, 11) is 3.83. The first-order valence-corrected chi connectivity index (χ1v) is 11.5. The Morgan fingerprint density at radius 3 is 2.81 bits per heavy atom. The number of hydrogen-bond donors (Lipinski definition) is 1. The summed E-state index contributed by atoms with van der Waals surface area (Å²) in [5, 5.41) is 7.53. The maximum Gasteiger partial charge on any atom is 0.241 e. The molecule has 31 heavy (non-hydrogen) atoms. The molecule has 1 aliphatic heterocycles. The van der Waals surface area contributed by atoms with Crippen LogP contribution in [0.15, 0.2) is 24.4 Å². The van der Waals surface area contributed by atoms with E-state index in [9.17, 15) is 4.79 Å². The number of methoxy groups -OCH3 is 1. The van der Waals surface area contributed by atoms with Crippen LogP contribution in [-0.4, -0.2) is 53.9 Å². The SMILES string of the molecule is COc1ccc2c(c1)-c1c(cnn1CC(=O)NCCN(C)C1CCCCCCC1)CO2. The van der Waals surface area contributed by atoms with E-state index in [0.717, 1.165) is 34.9 Å². The molecule has 1 aromatic carbocycles. The van der Waals surface area contributed by atoms with E-state index in [-0.39, 0.29) is 12.5 Å². The summed E-state index contributed by atoms with van der Waals surface area (Å²) in [6.45, 7) is 2.19. The maximum absolute atomic E-state index is 12.6. The summed E-state index contributed by atoms with van der Waals surface area (Å²) in [5.41, 5.74) is 2.83. The molecule has 0 atom stereocenters. The highest BCUT2D eigenvalue weighted by atomic mass is 16.5. The number of ether oxygens (including phenoxy) is 2. The van der Waals surface area contributed by atoms with E-state index < -0.39 is 0 Å². The lowest BCUT2D eigenvalue weighted by molar-refractivity contribution is -0.121. The number of carbonyl (C=O) groups excluding carboxylic acids is 1. The number of amides is 1. The van der Waals surface area contributed by atoms with Crippen LogP contribution in [0.4, 0.5) is 0 Å². The Bertz CT molecular complexity index is 887. The minimum absolute atomic E-state index is 0.0205. The highest BCUT2D eigenvalue weighted by Gasteiger charge is 2.24. The van der Waals surface area contributed by atoms with Gasteiger partial charge in [-0.05, 0) is 38.1 Å². The Kier molecular flexibility index (Phi) is 7.12. The van der Waals surface area contributed by atoms with E-state index in [4.69, 9.17) is 9.47 Å². The van der Waals surface area contributed by atoms with Crippen molar-refractivity contribution in [3.8, 4) is 22.8 Å². The van der Waals surface area contributed by atoms with Crippen LogP contribution in [0.1, 0.15) is 50.5 Å². The summed E-state index contributed by atoms with van der Waals surface area (Å²) in [6, 6.07) is 6.36. The number of hydrogen-bond acceptors (Lipinski definition) is 5. The number of benzene rings is 1. The molecule has 4 rings (SSSR count). The summed E-state index contributed by atoms with van der Waals surface area (Å²) in [5.74, 6) is 1.52. The summed E-state index contributed by atoms with van der Waals surface area (Å²) in [6.07, 6.45) is 11.1. The predicted octanol–water partition coefficient (Wildman–Crippen LogP) is 3.61. The van der Waals surface area contributed by atoms with E-state index in [1.807, 2.05) is 18.2 Å². The van der Waals surface area contributed by atoms with E-state index in [0.29, 0.717) is 19.2 Å². The van der Waals surface area contributed by atoms with E-state index >= 15 is 0 Å². The highest BCUT2D eigenvalue weighted by Crippen LogP contribution is 2.39. The first-order valence-electron chi connectivity index (χ1n) is 11.5. The van der Waals surface area contributed by atoms with Gasteiger partial charge in [0.15, 0.2) is 0 Å². The molecule has 2 aliphatic rings. The first kappa shape index (κ1) is 21.7. The van der Waals surface area contributed by atoms with Crippen molar-refractivity contribution < 1.29 is 14.3 Å². The Morgan fingerprint density at radius 1 is 1.26 bits per heavy atom. The Morgan fingerprint density at radius 2 is 2.03 bits per heavy atom. The maximum atomic E-state index is 12.6. The molecule has 0 unspecified atom stereocenters. The van der Waals surface area contributed by atoms with Crippen LogP contribution in [0.5, 0.6) is 11.5 Å². The lowest BCUT2D eigenvalue weighted by atomic mass is 9.96. The number of carbonyl (C=O) groups is 1. The molecule has 7 nitrogen and oxygen atoms in total. The molecule has 0 bridgehead atoms. The second-order valence-corrected chi connectivity index (χ2v) is 8.66. The van der Waals surface area contributed by atoms with Gasteiger partial charge in [0.05, 0.1) is 19.0 Å². The second kappa shape index (κ2) is 10.2. The van der Waals surface area contributed by atoms with Gasteiger partial charge in [0.25, 0.3) is 0 Å². The van der Waals surface area contributed by atoms with Crippen molar-refractivity contribution in [3.05, 3.63) is 30.0 Å². The second-order valence-electron chi connectivity index (χ2n) is 8.66. The minimum atomic E-state index is -0.0205. The van der Waals surface area contributed by atoms with Crippen LogP contribution < -0.4 is 14.8 Å². The van der Waals surface area contributed by atoms with Gasteiger partial charge < -0.3 is 19.7 Å². The molecule has 1 amide bonds. The minimum Gasteiger partial charge on any atom is -0.497 e. The molecule has 1 aromatic heterocycles. The van der Waals surface area contributed by atoms with Gasteiger partial charge in [0.2, 0.25) is 5.91 Å². The third-order valence-electron chi connectivity index (χ3n) is 6.52. The Hall–Kier alpha value is -2.54. The Labute approximate surface area is 184 Å². The fraction of sp³-hybridized carbons (Fsp3) is 0.583. The fourth-order valence-corrected chi connectivity index (χ4v) is 4.69. The molecule has 2 aromatic rings. The van der Waals surface area contributed by atoms with Crippen molar-refractivity contribution in [2.75, 3.05) is 27.2 Å². The van der Waals surface area contributed by atoms with Crippen molar-refractivity contribution in [2.45, 2.75) is 64.1 Å². The summed E-state index contributed by atoms with van der Waals surface area (Å²) >= 11 is 0. The molecule has 2 heterocycles. The van der Waals surface area contributed by atoms with Gasteiger partial charge in [-0.15, -0.1) is 0 Å². The van der Waals surface area contributed by atoms with Gasteiger partial charge in [0, 0.05) is 30.3 Å². The van der Waals surface area contributed by atoms with Gasteiger partial charge in [-0.25, -0.2) is 0 Å². The first-order chi connectivity index (χ1) is 15.2. The molecule has 1 aliphatic carbocycles. The normalized spacial score (nSPS) is 16.6. The van der Waals surface area contributed by atoms with Crippen LogP contribution in [0.3, 0.4) is 0 Å². The van der Waals surface area contributed by atoms with Crippen molar-refractivity contribution >= 4 is 5.91 Å². The lowest BCUT2D eigenvalue weighted by Crippen LogP contribution is -2.39. The third-order valence-corrected chi connectivity index (χ3v) is 6.52. The average molecular weight is 427 g/mol. The molecular weight excluding hydrogens is 392 g/mol. The number of likely N-dealkylation sites (N-methyl/N-ethyl adjacent to an activating group) is 1. The van der Waals surface area contributed by atoms with E-state index in [1.54, 1.807) is 18.0 Å². The molecule has 168 valence electrons. The van der Waals surface area contributed by atoms with Gasteiger partial charge in [-0.3, -0.25) is 9.48 Å². The summed E-state index contributed by atoms with van der Waals surface area (Å²) in [4.78, 5) is 15.1. The quantitative estimate of drug-likeness (QED) is 0.733. The summed E-state index contributed by atoms with van der Waals surface area (Å²) < 4.78 is 13.0. The number of fused-ring (bicyclic) bond motifs is 3. The molecular formula is C24H34N4O3. The van der Waals surface area contributed by atoms with Crippen LogP contribution in [0.2, 0.25) is 0 Å². The van der Waals surface area contributed by atoms with Gasteiger partial charge >= 0.3 is 0 Å². The third kappa shape index (κ3) is 5.21. The zero-order valence-electron chi connectivity index (χ0n) is 18.7. The number of nitrogens with one attached hydrogen (secondary N) is 1. The van der Waals surface area contributed by atoms with Crippen molar-refractivity contribution in [2.24, 2.45) is 0 Å². The van der Waals surface area contributed by atoms with Gasteiger partial charge in [0.1, 0.15) is 24.7 Å². The topological polar surface area (TPSA) is 68.6 Å². The van der Waals surface area contributed by atoms with E-state index in [2.05, 4.69) is 22.4 Å². The number of aromatic nitrogens is 2. The molecule has 7 heteroatoms. The van der Waals surface area contributed by atoms with Crippen LogP contribution in [0.25, 0.3) is 11.3 Å². The Balaban J connectivity index is 1.33. The lowest BCUT2D eigenvalue weighted by Gasteiger charge is -2.29. The van der Waals surface area contributed by atoms with E-state index in [1.165, 1.54) is 44.9 Å². The molecule has 1 N–H and O–H groups in total.